The summed E-state index contributed by atoms with van der Waals surface area (Å²) < 4.78 is 0. The summed E-state index contributed by atoms with van der Waals surface area (Å²) in [5.41, 5.74) is 13.9. The van der Waals surface area contributed by atoms with Gasteiger partial charge in [0.1, 0.15) is 0 Å². The number of nitrogens with one attached hydrogen (secondary N) is 1. The number of nitrogens with zero attached hydrogens (tertiary/aromatic N) is 4. The van der Waals surface area contributed by atoms with Crippen LogP contribution in [0.5, 0.6) is 0 Å². The number of aryl methyl sites for hydroxylation is 3. The summed E-state index contributed by atoms with van der Waals surface area (Å²) >= 11 is 0. The van der Waals surface area contributed by atoms with Gasteiger partial charge in [0.2, 0.25) is 5.96 Å². The van der Waals surface area contributed by atoms with Gasteiger partial charge >= 0.3 is 0 Å². The molecule has 0 saturated carbocycles. The maximum atomic E-state index is 5.24. The smallest absolute Gasteiger partial charge is 0.206 e. The van der Waals surface area contributed by atoms with E-state index in [9.17, 15) is 0 Å². The fraction of sp³-hybridized carbons (Fsp3) is 0.267. The SMILES string of the molecule is C=Nc1cc(C)ccc1NCc1cc(C)cc2c1N=C(N1Cc3ccc(C)c(C)c3C1)N(C)C2=C. The second-order valence-corrected chi connectivity index (χ2v) is 9.77. The van der Waals surface area contributed by atoms with Crippen LogP contribution >= 0.6 is 0 Å². The van der Waals surface area contributed by atoms with Gasteiger partial charge in [-0.15, -0.1) is 0 Å². The summed E-state index contributed by atoms with van der Waals surface area (Å²) in [7, 11) is 2.07. The third-order valence-corrected chi connectivity index (χ3v) is 7.31. The van der Waals surface area contributed by atoms with Gasteiger partial charge in [-0.1, -0.05) is 30.8 Å². The molecule has 2 heterocycles. The van der Waals surface area contributed by atoms with E-state index in [1.807, 2.05) is 6.07 Å². The molecule has 0 aromatic heterocycles. The van der Waals surface area contributed by atoms with Crippen molar-refractivity contribution >= 4 is 35.4 Å². The Bertz CT molecular complexity index is 1400. The minimum Gasteiger partial charge on any atom is -0.379 e. The van der Waals surface area contributed by atoms with Gasteiger partial charge in [0.15, 0.2) is 0 Å². The Balaban J connectivity index is 1.51. The average molecular weight is 464 g/mol. The molecule has 0 spiro atoms. The van der Waals surface area contributed by atoms with Gasteiger partial charge in [0.25, 0.3) is 0 Å². The van der Waals surface area contributed by atoms with Crippen LogP contribution in [0.3, 0.4) is 0 Å². The summed E-state index contributed by atoms with van der Waals surface area (Å²) in [6.45, 7) is 19.2. The molecule has 0 saturated heterocycles. The number of fused-ring (bicyclic) bond motifs is 2. The molecule has 5 heteroatoms. The number of benzene rings is 3. The highest BCUT2D eigenvalue weighted by Gasteiger charge is 2.31. The molecule has 35 heavy (non-hydrogen) atoms. The Morgan fingerprint density at radius 1 is 1.00 bits per heavy atom. The Kier molecular flexibility index (Phi) is 5.72. The Morgan fingerprint density at radius 2 is 1.80 bits per heavy atom. The molecule has 0 fully saturated rings. The fourth-order valence-corrected chi connectivity index (χ4v) is 5.10. The van der Waals surface area contributed by atoms with Crippen LogP contribution in [0.15, 0.2) is 59.0 Å². The largest absolute Gasteiger partial charge is 0.379 e. The molecule has 3 aromatic rings. The molecule has 0 bridgehead atoms. The summed E-state index contributed by atoms with van der Waals surface area (Å²) in [5.74, 6) is 0.949. The highest BCUT2D eigenvalue weighted by Crippen LogP contribution is 2.39. The maximum absolute atomic E-state index is 5.24. The van der Waals surface area contributed by atoms with Gasteiger partial charge in [0, 0.05) is 37.9 Å². The predicted molar refractivity (Wildman–Crippen MR) is 148 cm³/mol. The lowest BCUT2D eigenvalue weighted by molar-refractivity contribution is 0.397. The van der Waals surface area contributed by atoms with E-state index in [2.05, 4.69) is 105 Å². The second-order valence-electron chi connectivity index (χ2n) is 9.77. The highest BCUT2D eigenvalue weighted by molar-refractivity contribution is 5.97. The highest BCUT2D eigenvalue weighted by atomic mass is 15.4. The molecule has 5 rings (SSSR count). The Labute approximate surface area is 208 Å². The van der Waals surface area contributed by atoms with Crippen molar-refractivity contribution in [2.45, 2.75) is 47.3 Å². The van der Waals surface area contributed by atoms with E-state index in [-0.39, 0.29) is 0 Å². The van der Waals surface area contributed by atoms with Crippen LogP contribution in [0.25, 0.3) is 5.70 Å². The van der Waals surface area contributed by atoms with Crippen LogP contribution in [-0.2, 0) is 19.6 Å². The maximum Gasteiger partial charge on any atom is 0.206 e. The average Bonchev–Trinajstić information content (AvgIpc) is 3.27. The molecule has 178 valence electrons. The van der Waals surface area contributed by atoms with Crippen LogP contribution in [0.2, 0.25) is 0 Å². The van der Waals surface area contributed by atoms with Crippen LogP contribution in [0.4, 0.5) is 17.1 Å². The molecular formula is C30H33N5. The molecule has 0 amide bonds. The topological polar surface area (TPSA) is 43.2 Å². The van der Waals surface area contributed by atoms with Crippen molar-refractivity contribution in [2.75, 3.05) is 12.4 Å². The first-order valence-electron chi connectivity index (χ1n) is 12.1. The zero-order chi connectivity index (χ0) is 24.9. The van der Waals surface area contributed by atoms with Crippen molar-refractivity contribution in [3.05, 3.63) is 93.6 Å². The van der Waals surface area contributed by atoms with Crippen molar-refractivity contribution < 1.29 is 0 Å². The van der Waals surface area contributed by atoms with Gasteiger partial charge in [-0.05, 0) is 91.6 Å². The third-order valence-electron chi connectivity index (χ3n) is 7.31. The molecule has 0 atom stereocenters. The molecule has 2 aliphatic rings. The number of guanidine groups is 1. The first-order chi connectivity index (χ1) is 16.8. The normalized spacial score (nSPS) is 14.5. The molecular weight excluding hydrogens is 430 g/mol. The van der Waals surface area contributed by atoms with Crippen LogP contribution < -0.4 is 5.32 Å². The van der Waals surface area contributed by atoms with Crippen molar-refractivity contribution in [2.24, 2.45) is 9.98 Å². The summed E-state index contributed by atoms with van der Waals surface area (Å²) in [6, 6.07) is 15.1. The zero-order valence-corrected chi connectivity index (χ0v) is 21.4. The minimum absolute atomic E-state index is 0.641. The van der Waals surface area contributed by atoms with E-state index in [0.29, 0.717) is 6.54 Å². The van der Waals surface area contributed by atoms with E-state index in [4.69, 9.17) is 4.99 Å². The number of rotatable bonds is 4. The number of hydrogen-bond donors (Lipinski definition) is 1. The standard InChI is InChI=1S/C30H33N5/c1-18-8-11-27(28(14-18)31-6)32-15-24-12-19(2)13-25-22(5)34(7)30(33-29(24)25)35-16-23-10-9-20(3)21(4)26(23)17-35/h8-14,32H,5-6,15-17H2,1-4,7H3. The lowest BCUT2D eigenvalue weighted by atomic mass is 9.99. The zero-order valence-electron chi connectivity index (χ0n) is 21.4. The Hall–Kier alpha value is -3.86. The van der Waals surface area contributed by atoms with Crippen molar-refractivity contribution in [1.29, 1.82) is 0 Å². The van der Waals surface area contributed by atoms with E-state index < -0.39 is 0 Å². The summed E-state index contributed by atoms with van der Waals surface area (Å²) in [4.78, 5) is 13.9. The first-order valence-corrected chi connectivity index (χ1v) is 12.1. The number of hydrogen-bond acceptors (Lipinski definition) is 5. The van der Waals surface area contributed by atoms with E-state index in [1.165, 1.54) is 27.8 Å². The van der Waals surface area contributed by atoms with Gasteiger partial charge in [0.05, 0.1) is 17.1 Å². The van der Waals surface area contributed by atoms with E-state index >= 15 is 0 Å². The van der Waals surface area contributed by atoms with Gasteiger partial charge < -0.3 is 15.1 Å². The lowest BCUT2D eigenvalue weighted by Gasteiger charge is -2.35. The van der Waals surface area contributed by atoms with Crippen molar-refractivity contribution in [1.82, 2.24) is 9.80 Å². The summed E-state index contributed by atoms with van der Waals surface area (Å²) in [6.07, 6.45) is 0. The van der Waals surface area contributed by atoms with Gasteiger partial charge in [-0.25, -0.2) is 4.99 Å². The number of aliphatic imine (C=N–C) groups is 2. The first kappa shape index (κ1) is 22.9. The fourth-order valence-electron chi connectivity index (χ4n) is 5.10. The molecule has 0 radical (unpaired) electrons. The van der Waals surface area contributed by atoms with Crippen LogP contribution in [0, 0.1) is 27.7 Å². The van der Waals surface area contributed by atoms with Crippen molar-refractivity contribution in [3.63, 3.8) is 0 Å². The van der Waals surface area contributed by atoms with Crippen LogP contribution in [0.1, 0.15) is 44.5 Å². The molecule has 1 N–H and O–H groups in total. The van der Waals surface area contributed by atoms with Gasteiger partial charge in [-0.2, -0.15) is 0 Å². The summed E-state index contributed by atoms with van der Waals surface area (Å²) in [5, 5.41) is 3.56. The van der Waals surface area contributed by atoms with E-state index in [1.54, 1.807) is 0 Å². The van der Waals surface area contributed by atoms with Crippen molar-refractivity contribution in [3.8, 4) is 0 Å². The van der Waals surface area contributed by atoms with Crippen LogP contribution in [-0.4, -0.2) is 29.5 Å². The van der Waals surface area contributed by atoms with Gasteiger partial charge in [-0.3, -0.25) is 4.99 Å². The quantitative estimate of drug-likeness (QED) is 0.434. The third kappa shape index (κ3) is 4.01. The monoisotopic (exact) mass is 463 g/mol. The second kappa shape index (κ2) is 8.73. The lowest BCUT2D eigenvalue weighted by Crippen LogP contribution is -2.40. The molecule has 0 aliphatic carbocycles. The molecule has 0 unspecified atom stereocenters. The molecule has 5 nitrogen and oxygen atoms in total. The molecule has 3 aromatic carbocycles. The number of anilines is 1. The minimum atomic E-state index is 0.641. The predicted octanol–water partition coefficient (Wildman–Crippen LogP) is 6.78. The Morgan fingerprint density at radius 3 is 2.57 bits per heavy atom. The molecule has 2 aliphatic heterocycles. The van der Waals surface area contributed by atoms with E-state index in [0.717, 1.165) is 58.5 Å².